The number of nitro benzene ring substituents is 1. The van der Waals surface area contributed by atoms with Gasteiger partial charge in [0, 0.05) is 30.2 Å². The molecule has 2 fully saturated rings. The summed E-state index contributed by atoms with van der Waals surface area (Å²) in [5.74, 6) is 0.486. The van der Waals surface area contributed by atoms with Crippen molar-refractivity contribution in [2.45, 2.75) is 24.0 Å². The van der Waals surface area contributed by atoms with E-state index in [2.05, 4.69) is 25.0 Å². The van der Waals surface area contributed by atoms with Gasteiger partial charge < -0.3 is 15.0 Å². The molecule has 12 heteroatoms. The van der Waals surface area contributed by atoms with E-state index < -0.39 is 4.92 Å². The maximum atomic E-state index is 12.4. The number of carbonyl (C=O) groups is 1. The number of thioether (sulfide) groups is 1. The second-order valence-electron chi connectivity index (χ2n) is 6.74. The van der Waals surface area contributed by atoms with E-state index in [1.54, 1.807) is 0 Å². The molecule has 1 aliphatic carbocycles. The van der Waals surface area contributed by atoms with Gasteiger partial charge in [0.1, 0.15) is 5.69 Å². The van der Waals surface area contributed by atoms with Gasteiger partial charge in [-0.25, -0.2) is 0 Å². The third-order valence-electron chi connectivity index (χ3n) is 4.61. The van der Waals surface area contributed by atoms with Crippen molar-refractivity contribution in [3.63, 3.8) is 0 Å². The minimum absolute atomic E-state index is 0.0532. The summed E-state index contributed by atoms with van der Waals surface area (Å²) in [5.41, 5.74) is -0.130. The fourth-order valence-electron chi connectivity index (χ4n) is 3.08. The highest BCUT2D eigenvalue weighted by atomic mass is 35.5. The molecule has 0 unspecified atom stereocenters. The SMILES string of the molecule is O=C(CSc1nnc(N2CCOCC2)n1C1CC1)Nc1cc(Cl)ccc1[N+](=O)[O-]. The van der Waals surface area contributed by atoms with E-state index in [-0.39, 0.29) is 23.0 Å². The summed E-state index contributed by atoms with van der Waals surface area (Å²) in [6, 6.07) is 4.40. The molecular formula is C17H19ClN6O4S. The van der Waals surface area contributed by atoms with Crippen molar-refractivity contribution in [1.29, 1.82) is 0 Å². The van der Waals surface area contributed by atoms with Crippen LogP contribution in [0.15, 0.2) is 23.4 Å². The maximum absolute atomic E-state index is 12.4. The minimum atomic E-state index is -0.558. The number of hydrogen-bond acceptors (Lipinski definition) is 8. The number of aromatic nitrogens is 3. The Labute approximate surface area is 175 Å². The number of nitrogens with zero attached hydrogens (tertiary/aromatic N) is 5. The van der Waals surface area contributed by atoms with E-state index in [1.165, 1.54) is 30.0 Å². The summed E-state index contributed by atoms with van der Waals surface area (Å²) in [7, 11) is 0. The first-order valence-corrected chi connectivity index (χ1v) is 10.5. The molecule has 1 saturated carbocycles. The standard InChI is InChI=1S/C17H19ClN6O4S/c18-11-1-4-14(24(26)27)13(9-11)19-15(25)10-29-17-21-20-16(23(17)12-2-3-12)22-5-7-28-8-6-22/h1,4,9,12H,2-3,5-8,10H2,(H,19,25). The Kier molecular flexibility index (Phi) is 5.88. The first kappa shape index (κ1) is 19.9. The van der Waals surface area contributed by atoms with Crippen molar-refractivity contribution >= 4 is 46.6 Å². The molecule has 1 saturated heterocycles. The second-order valence-corrected chi connectivity index (χ2v) is 8.12. The number of carbonyl (C=O) groups excluding carboxylic acids is 1. The Morgan fingerprint density at radius 2 is 2.10 bits per heavy atom. The van der Waals surface area contributed by atoms with Crippen molar-refractivity contribution in [1.82, 2.24) is 14.8 Å². The predicted octanol–water partition coefficient (Wildman–Crippen LogP) is 2.74. The van der Waals surface area contributed by atoms with Crippen molar-refractivity contribution in [3.8, 4) is 0 Å². The highest BCUT2D eigenvalue weighted by Crippen LogP contribution is 2.41. The van der Waals surface area contributed by atoms with Gasteiger partial charge in [0.2, 0.25) is 11.9 Å². The van der Waals surface area contributed by atoms with Crippen LogP contribution in [-0.2, 0) is 9.53 Å². The fraction of sp³-hybridized carbons (Fsp3) is 0.471. The Morgan fingerprint density at radius 3 is 2.79 bits per heavy atom. The number of halogens is 1. The van der Waals surface area contributed by atoms with Crippen molar-refractivity contribution in [3.05, 3.63) is 33.3 Å². The number of ether oxygens (including phenoxy) is 1. The van der Waals surface area contributed by atoms with Crippen LogP contribution in [0.2, 0.25) is 5.02 Å². The average molecular weight is 439 g/mol. The summed E-state index contributed by atoms with van der Waals surface area (Å²) >= 11 is 7.17. The normalized spacial score (nSPS) is 16.7. The van der Waals surface area contributed by atoms with Gasteiger partial charge in [-0.15, -0.1) is 10.2 Å². The van der Waals surface area contributed by atoms with Gasteiger partial charge in [0.15, 0.2) is 5.16 Å². The molecule has 1 aromatic carbocycles. The molecular weight excluding hydrogens is 420 g/mol. The quantitative estimate of drug-likeness (QED) is 0.398. The van der Waals surface area contributed by atoms with Gasteiger partial charge in [0.05, 0.1) is 23.9 Å². The highest BCUT2D eigenvalue weighted by Gasteiger charge is 2.32. The minimum Gasteiger partial charge on any atom is -0.378 e. The van der Waals surface area contributed by atoms with Gasteiger partial charge in [0.25, 0.3) is 5.69 Å². The molecule has 2 heterocycles. The summed E-state index contributed by atoms with van der Waals surface area (Å²) in [6.07, 6.45) is 2.12. The lowest BCUT2D eigenvalue weighted by Crippen LogP contribution is -2.38. The number of benzene rings is 1. The molecule has 1 amide bonds. The number of nitro groups is 1. The van der Waals surface area contributed by atoms with Crippen LogP contribution < -0.4 is 10.2 Å². The van der Waals surface area contributed by atoms with Crippen LogP contribution in [0, 0.1) is 10.1 Å². The van der Waals surface area contributed by atoms with Crippen molar-refractivity contribution in [2.24, 2.45) is 0 Å². The number of anilines is 2. The molecule has 0 atom stereocenters. The van der Waals surface area contributed by atoms with E-state index in [4.69, 9.17) is 16.3 Å². The fourth-order valence-corrected chi connectivity index (χ4v) is 4.06. The van der Waals surface area contributed by atoms with Gasteiger partial charge in [-0.1, -0.05) is 23.4 Å². The zero-order chi connectivity index (χ0) is 20.4. The lowest BCUT2D eigenvalue weighted by atomic mass is 10.2. The maximum Gasteiger partial charge on any atom is 0.292 e. The zero-order valence-corrected chi connectivity index (χ0v) is 17.0. The molecule has 2 aliphatic rings. The molecule has 0 spiro atoms. The average Bonchev–Trinajstić information content (AvgIpc) is 3.45. The molecule has 29 heavy (non-hydrogen) atoms. The molecule has 4 rings (SSSR count). The van der Waals surface area contributed by atoms with Crippen LogP contribution in [0.1, 0.15) is 18.9 Å². The van der Waals surface area contributed by atoms with E-state index >= 15 is 0 Å². The predicted molar refractivity (Wildman–Crippen MR) is 109 cm³/mol. The lowest BCUT2D eigenvalue weighted by Gasteiger charge is -2.27. The number of nitrogens with one attached hydrogen (secondary N) is 1. The topological polar surface area (TPSA) is 115 Å². The molecule has 1 aromatic heterocycles. The molecule has 2 aromatic rings. The number of hydrogen-bond donors (Lipinski definition) is 1. The van der Waals surface area contributed by atoms with E-state index in [0.29, 0.717) is 29.4 Å². The van der Waals surface area contributed by atoms with Crippen LogP contribution >= 0.6 is 23.4 Å². The largest absolute Gasteiger partial charge is 0.378 e. The number of rotatable bonds is 7. The first-order chi connectivity index (χ1) is 14.0. The van der Waals surface area contributed by atoms with Gasteiger partial charge in [-0.05, 0) is 25.0 Å². The van der Waals surface area contributed by atoms with Gasteiger partial charge in [-0.3, -0.25) is 19.5 Å². The molecule has 1 N–H and O–H groups in total. The Hall–Kier alpha value is -2.37. The second kappa shape index (κ2) is 8.56. The molecule has 10 nitrogen and oxygen atoms in total. The van der Waals surface area contributed by atoms with Crippen LogP contribution in [-0.4, -0.2) is 57.7 Å². The third-order valence-corrected chi connectivity index (χ3v) is 5.79. The lowest BCUT2D eigenvalue weighted by molar-refractivity contribution is -0.383. The summed E-state index contributed by atoms with van der Waals surface area (Å²) in [6.45, 7) is 2.82. The third kappa shape index (κ3) is 4.62. The van der Waals surface area contributed by atoms with Gasteiger partial charge >= 0.3 is 0 Å². The van der Waals surface area contributed by atoms with E-state index in [1.807, 2.05) is 0 Å². The van der Waals surface area contributed by atoms with E-state index in [0.717, 1.165) is 31.9 Å². The Balaban J connectivity index is 1.44. The molecule has 0 radical (unpaired) electrons. The summed E-state index contributed by atoms with van der Waals surface area (Å²) in [4.78, 5) is 25.1. The van der Waals surface area contributed by atoms with Gasteiger partial charge in [-0.2, -0.15) is 0 Å². The van der Waals surface area contributed by atoms with Crippen molar-refractivity contribution < 1.29 is 14.5 Å². The van der Waals surface area contributed by atoms with Crippen LogP contribution in [0.25, 0.3) is 0 Å². The smallest absolute Gasteiger partial charge is 0.292 e. The van der Waals surface area contributed by atoms with Crippen LogP contribution in [0.3, 0.4) is 0 Å². The van der Waals surface area contributed by atoms with Crippen LogP contribution in [0.5, 0.6) is 0 Å². The molecule has 0 bridgehead atoms. The Morgan fingerprint density at radius 1 is 1.34 bits per heavy atom. The first-order valence-electron chi connectivity index (χ1n) is 9.17. The monoisotopic (exact) mass is 438 g/mol. The van der Waals surface area contributed by atoms with E-state index in [9.17, 15) is 14.9 Å². The highest BCUT2D eigenvalue weighted by molar-refractivity contribution is 7.99. The molecule has 1 aliphatic heterocycles. The zero-order valence-electron chi connectivity index (χ0n) is 15.4. The summed E-state index contributed by atoms with van der Waals surface area (Å²) in [5, 5.41) is 23.3. The number of morpholine rings is 1. The van der Waals surface area contributed by atoms with Crippen molar-refractivity contribution in [2.75, 3.05) is 42.3 Å². The molecule has 154 valence electrons. The van der Waals surface area contributed by atoms with Crippen LogP contribution in [0.4, 0.5) is 17.3 Å². The summed E-state index contributed by atoms with van der Waals surface area (Å²) < 4.78 is 7.49. The Bertz CT molecular complexity index is 929. The number of amides is 1.